The Kier molecular flexibility index (Phi) is 2.36. The minimum absolute atomic E-state index is 0.0550. The Hall–Kier alpha value is -2.15. The third-order valence-electron chi connectivity index (χ3n) is 4.85. The zero-order valence-electron chi connectivity index (χ0n) is 13.0. The molecular formula is C20H19N. The Balaban J connectivity index is 2.14. The highest BCUT2D eigenvalue weighted by Crippen LogP contribution is 2.49. The van der Waals surface area contributed by atoms with Gasteiger partial charge < -0.3 is 0 Å². The number of hydrogen-bond donors (Lipinski definition) is 0. The molecule has 0 aliphatic heterocycles. The van der Waals surface area contributed by atoms with Gasteiger partial charge in [-0.1, -0.05) is 38.1 Å². The van der Waals surface area contributed by atoms with E-state index in [-0.39, 0.29) is 5.41 Å². The number of aromatic nitrogens is 1. The molecule has 0 N–H and O–H groups in total. The normalized spacial score (nSPS) is 15.0. The molecule has 2 aromatic carbocycles. The number of rotatable bonds is 0. The summed E-state index contributed by atoms with van der Waals surface area (Å²) < 4.78 is 0. The molecule has 1 heteroatoms. The maximum Gasteiger partial charge on any atom is 0.0711 e. The number of hydrogen-bond acceptors (Lipinski definition) is 1. The van der Waals surface area contributed by atoms with Crippen molar-refractivity contribution in [1.29, 1.82) is 0 Å². The van der Waals surface area contributed by atoms with Gasteiger partial charge in [0.25, 0.3) is 0 Å². The van der Waals surface area contributed by atoms with Gasteiger partial charge >= 0.3 is 0 Å². The van der Waals surface area contributed by atoms with Crippen LogP contribution in [0.4, 0.5) is 0 Å². The van der Waals surface area contributed by atoms with Crippen LogP contribution < -0.4 is 0 Å². The first-order valence-corrected chi connectivity index (χ1v) is 7.51. The zero-order chi connectivity index (χ0) is 14.8. The summed E-state index contributed by atoms with van der Waals surface area (Å²) in [6.07, 6.45) is 0. The molecule has 0 spiro atoms. The van der Waals surface area contributed by atoms with Crippen molar-refractivity contribution in [1.82, 2.24) is 4.98 Å². The summed E-state index contributed by atoms with van der Waals surface area (Å²) in [5.41, 5.74) is 9.14. The minimum Gasteiger partial charge on any atom is -0.253 e. The van der Waals surface area contributed by atoms with Gasteiger partial charge in [0.15, 0.2) is 0 Å². The molecule has 0 bridgehead atoms. The average molecular weight is 273 g/mol. The van der Waals surface area contributed by atoms with Gasteiger partial charge in [-0.3, -0.25) is 4.98 Å². The SMILES string of the molecule is Cc1cc(C)c2cc3c(cc2n1)C(C)(C)c1ccccc1-3. The second kappa shape index (κ2) is 3.94. The Morgan fingerprint density at radius 2 is 1.62 bits per heavy atom. The van der Waals surface area contributed by atoms with Crippen LogP contribution in [0.2, 0.25) is 0 Å². The lowest BCUT2D eigenvalue weighted by Gasteiger charge is -2.21. The number of fused-ring (bicyclic) bond motifs is 4. The molecule has 0 amide bonds. The van der Waals surface area contributed by atoms with E-state index >= 15 is 0 Å². The topological polar surface area (TPSA) is 12.9 Å². The van der Waals surface area contributed by atoms with Crippen LogP contribution in [-0.4, -0.2) is 4.98 Å². The molecule has 4 rings (SSSR count). The van der Waals surface area contributed by atoms with Crippen LogP contribution in [-0.2, 0) is 5.41 Å². The smallest absolute Gasteiger partial charge is 0.0711 e. The van der Waals surface area contributed by atoms with E-state index in [1.165, 1.54) is 33.2 Å². The van der Waals surface area contributed by atoms with Crippen LogP contribution >= 0.6 is 0 Å². The van der Waals surface area contributed by atoms with Crippen molar-refractivity contribution in [2.24, 2.45) is 0 Å². The fraction of sp³-hybridized carbons (Fsp3) is 0.250. The molecule has 1 nitrogen and oxygen atoms in total. The van der Waals surface area contributed by atoms with E-state index < -0.39 is 0 Å². The minimum atomic E-state index is 0.0550. The lowest BCUT2D eigenvalue weighted by atomic mass is 9.82. The predicted molar refractivity (Wildman–Crippen MR) is 88.8 cm³/mol. The van der Waals surface area contributed by atoms with Gasteiger partial charge in [-0.15, -0.1) is 0 Å². The third kappa shape index (κ3) is 1.61. The first kappa shape index (κ1) is 12.6. The Bertz CT molecular complexity index is 888. The third-order valence-corrected chi connectivity index (χ3v) is 4.85. The average Bonchev–Trinajstić information content (AvgIpc) is 2.66. The van der Waals surface area contributed by atoms with Crippen molar-refractivity contribution < 1.29 is 0 Å². The number of pyridine rings is 1. The maximum atomic E-state index is 4.74. The van der Waals surface area contributed by atoms with Crippen LogP contribution in [0, 0.1) is 13.8 Å². The summed E-state index contributed by atoms with van der Waals surface area (Å²) in [5, 5.41) is 1.27. The van der Waals surface area contributed by atoms with Gasteiger partial charge in [0, 0.05) is 16.5 Å². The van der Waals surface area contributed by atoms with E-state index in [2.05, 4.69) is 70.2 Å². The van der Waals surface area contributed by atoms with E-state index in [0.717, 1.165) is 11.2 Å². The van der Waals surface area contributed by atoms with Gasteiger partial charge in [-0.2, -0.15) is 0 Å². The fourth-order valence-electron chi connectivity index (χ4n) is 3.76. The Morgan fingerprint density at radius 1 is 0.857 bits per heavy atom. The maximum absolute atomic E-state index is 4.74. The summed E-state index contributed by atoms with van der Waals surface area (Å²) in [6.45, 7) is 8.87. The summed E-state index contributed by atoms with van der Waals surface area (Å²) in [6, 6.07) is 15.6. The molecule has 1 aliphatic rings. The van der Waals surface area contributed by atoms with Crippen molar-refractivity contribution in [2.45, 2.75) is 33.1 Å². The lowest BCUT2D eigenvalue weighted by Crippen LogP contribution is -2.14. The van der Waals surface area contributed by atoms with Crippen LogP contribution in [0.1, 0.15) is 36.2 Å². The highest BCUT2D eigenvalue weighted by Gasteiger charge is 2.35. The first-order valence-electron chi connectivity index (χ1n) is 7.51. The van der Waals surface area contributed by atoms with Crippen molar-refractivity contribution >= 4 is 10.9 Å². The molecule has 1 heterocycles. The number of nitrogens with zero attached hydrogens (tertiary/aromatic N) is 1. The quantitative estimate of drug-likeness (QED) is 0.551. The molecule has 0 atom stereocenters. The van der Waals surface area contributed by atoms with Crippen molar-refractivity contribution in [2.75, 3.05) is 0 Å². The largest absolute Gasteiger partial charge is 0.253 e. The van der Waals surface area contributed by atoms with Gasteiger partial charge in [0.05, 0.1) is 5.52 Å². The molecule has 0 saturated heterocycles. The monoisotopic (exact) mass is 273 g/mol. The van der Waals surface area contributed by atoms with E-state index in [1.54, 1.807) is 0 Å². The molecule has 0 radical (unpaired) electrons. The highest BCUT2D eigenvalue weighted by atomic mass is 14.7. The molecule has 0 unspecified atom stereocenters. The molecule has 0 fully saturated rings. The standard InChI is InChI=1S/C20H19N/c1-12-9-13(2)21-19-11-18-16(10-15(12)19)14-7-5-6-8-17(14)20(18,3)4/h5-11H,1-4H3. The second-order valence-electron chi connectivity index (χ2n) is 6.67. The molecule has 1 aromatic heterocycles. The number of aryl methyl sites for hydroxylation is 2. The zero-order valence-corrected chi connectivity index (χ0v) is 13.0. The summed E-state index contributed by atoms with van der Waals surface area (Å²) in [5.74, 6) is 0. The van der Waals surface area contributed by atoms with Crippen molar-refractivity contribution in [3.63, 3.8) is 0 Å². The fourth-order valence-corrected chi connectivity index (χ4v) is 3.76. The molecular weight excluding hydrogens is 254 g/mol. The highest BCUT2D eigenvalue weighted by molar-refractivity contribution is 5.93. The second-order valence-corrected chi connectivity index (χ2v) is 6.67. The van der Waals surface area contributed by atoms with E-state index in [4.69, 9.17) is 4.98 Å². The number of benzene rings is 2. The van der Waals surface area contributed by atoms with Crippen LogP contribution in [0.3, 0.4) is 0 Å². The Morgan fingerprint density at radius 3 is 2.43 bits per heavy atom. The molecule has 104 valence electrons. The lowest BCUT2D eigenvalue weighted by molar-refractivity contribution is 0.661. The van der Waals surface area contributed by atoms with Gasteiger partial charge in [0.2, 0.25) is 0 Å². The van der Waals surface area contributed by atoms with Gasteiger partial charge in [0.1, 0.15) is 0 Å². The van der Waals surface area contributed by atoms with Crippen LogP contribution in [0.15, 0.2) is 42.5 Å². The van der Waals surface area contributed by atoms with Crippen LogP contribution in [0.5, 0.6) is 0 Å². The van der Waals surface area contributed by atoms with Crippen LogP contribution in [0.25, 0.3) is 22.0 Å². The molecule has 0 saturated carbocycles. The summed E-state index contributed by atoms with van der Waals surface area (Å²) in [7, 11) is 0. The summed E-state index contributed by atoms with van der Waals surface area (Å²) in [4.78, 5) is 4.74. The molecule has 3 aromatic rings. The first-order chi connectivity index (χ1) is 9.98. The predicted octanol–water partition coefficient (Wildman–Crippen LogP) is 5.16. The Labute approximate surface area is 125 Å². The van der Waals surface area contributed by atoms with Crippen molar-refractivity contribution in [3.05, 3.63) is 64.8 Å². The van der Waals surface area contributed by atoms with E-state index in [0.29, 0.717) is 0 Å². The molecule has 21 heavy (non-hydrogen) atoms. The molecule has 1 aliphatic carbocycles. The van der Waals surface area contributed by atoms with Gasteiger partial charge in [-0.05, 0) is 59.9 Å². The van der Waals surface area contributed by atoms with Crippen molar-refractivity contribution in [3.8, 4) is 11.1 Å². The summed E-state index contributed by atoms with van der Waals surface area (Å²) >= 11 is 0. The van der Waals surface area contributed by atoms with E-state index in [9.17, 15) is 0 Å². The van der Waals surface area contributed by atoms with Gasteiger partial charge in [-0.25, -0.2) is 0 Å². The van der Waals surface area contributed by atoms with E-state index in [1.807, 2.05) is 0 Å².